The summed E-state index contributed by atoms with van der Waals surface area (Å²) in [5.41, 5.74) is 2.13. The predicted octanol–water partition coefficient (Wildman–Crippen LogP) is 1.27. The Hall–Kier alpha value is -2.58. The Kier molecular flexibility index (Phi) is 6.89. The van der Waals surface area contributed by atoms with Crippen molar-refractivity contribution in [3.8, 4) is 5.75 Å². The molecule has 8 heteroatoms. The normalized spacial score (nSPS) is 16.3. The van der Waals surface area contributed by atoms with Gasteiger partial charge < -0.3 is 15.4 Å². The monoisotopic (exact) mass is 402 g/mol. The third-order valence-corrected chi connectivity index (χ3v) is 5.76. The molecular formula is C20H26N4O3S. The van der Waals surface area contributed by atoms with Gasteiger partial charge in [-0.25, -0.2) is 13.1 Å². The number of guanidine groups is 1. The smallest absolute Gasteiger partial charge is 0.213 e. The lowest BCUT2D eigenvalue weighted by molar-refractivity contribution is 0.235. The third kappa shape index (κ3) is 5.97. The van der Waals surface area contributed by atoms with Gasteiger partial charge in [-0.15, -0.1) is 0 Å². The number of aliphatic imine (C=N–C) groups is 1. The number of fused-ring (bicyclic) bond motifs is 1. The van der Waals surface area contributed by atoms with Crippen molar-refractivity contribution in [3.05, 3.63) is 65.7 Å². The third-order valence-electron chi connectivity index (χ3n) is 4.44. The fraction of sp³-hybridized carbons (Fsp3) is 0.350. The molecule has 1 unspecified atom stereocenters. The van der Waals surface area contributed by atoms with Crippen LogP contribution in [0.1, 0.15) is 11.1 Å². The highest BCUT2D eigenvalue weighted by Crippen LogP contribution is 2.27. The lowest BCUT2D eigenvalue weighted by Gasteiger charge is -2.15. The van der Waals surface area contributed by atoms with Crippen molar-refractivity contribution in [1.29, 1.82) is 0 Å². The summed E-state index contributed by atoms with van der Waals surface area (Å²) in [5.74, 6) is 1.44. The highest BCUT2D eigenvalue weighted by molar-refractivity contribution is 7.89. The van der Waals surface area contributed by atoms with E-state index in [0.29, 0.717) is 12.5 Å². The van der Waals surface area contributed by atoms with Crippen LogP contribution in [0.5, 0.6) is 5.75 Å². The molecular weight excluding hydrogens is 376 g/mol. The van der Waals surface area contributed by atoms with Gasteiger partial charge in [-0.05, 0) is 17.2 Å². The van der Waals surface area contributed by atoms with E-state index < -0.39 is 10.0 Å². The van der Waals surface area contributed by atoms with Crippen molar-refractivity contribution in [1.82, 2.24) is 15.4 Å². The number of sulfonamides is 1. The lowest BCUT2D eigenvalue weighted by atomic mass is 10.1. The molecule has 1 heterocycles. The van der Waals surface area contributed by atoms with Crippen molar-refractivity contribution in [2.75, 3.05) is 25.9 Å². The van der Waals surface area contributed by atoms with Gasteiger partial charge in [-0.2, -0.15) is 0 Å². The highest BCUT2D eigenvalue weighted by atomic mass is 32.2. The molecule has 0 aliphatic carbocycles. The quantitative estimate of drug-likeness (QED) is 0.457. The summed E-state index contributed by atoms with van der Waals surface area (Å²) in [5, 5.41) is 6.22. The predicted molar refractivity (Wildman–Crippen MR) is 111 cm³/mol. The van der Waals surface area contributed by atoms with Gasteiger partial charge in [-0.1, -0.05) is 48.5 Å². The molecule has 2 aromatic rings. The first kappa shape index (κ1) is 20.2. The first-order valence-corrected chi connectivity index (χ1v) is 10.9. The molecule has 0 bridgehead atoms. The summed E-state index contributed by atoms with van der Waals surface area (Å²) in [6, 6.07) is 17.4. The highest BCUT2D eigenvalue weighted by Gasteiger charge is 2.22. The van der Waals surface area contributed by atoms with Crippen molar-refractivity contribution in [3.63, 3.8) is 0 Å². The van der Waals surface area contributed by atoms with E-state index in [9.17, 15) is 8.42 Å². The Balaban J connectivity index is 1.37. The Morgan fingerprint density at radius 2 is 1.86 bits per heavy atom. The Morgan fingerprint density at radius 1 is 1.11 bits per heavy atom. The zero-order chi connectivity index (χ0) is 19.8. The van der Waals surface area contributed by atoms with E-state index in [4.69, 9.17) is 4.74 Å². The largest absolute Gasteiger partial charge is 0.488 e. The molecule has 3 N–H and O–H groups in total. The standard InChI is InChI=1S/C20H26N4O3S/c1-21-20(23-15-18-13-17-9-5-6-10-19(17)27-18)22-11-12-28(25,26)24-14-16-7-3-2-4-8-16/h2-10,18,24H,11-15H2,1H3,(H2,21,22,23). The van der Waals surface area contributed by atoms with Crippen LogP contribution in [0.3, 0.4) is 0 Å². The van der Waals surface area contributed by atoms with Crippen molar-refractivity contribution in [2.45, 2.75) is 19.1 Å². The number of benzene rings is 2. The van der Waals surface area contributed by atoms with Crippen LogP contribution in [0.4, 0.5) is 0 Å². The van der Waals surface area contributed by atoms with Gasteiger partial charge >= 0.3 is 0 Å². The molecule has 2 aromatic carbocycles. The minimum Gasteiger partial charge on any atom is -0.488 e. The number of hydrogen-bond donors (Lipinski definition) is 3. The van der Waals surface area contributed by atoms with Gasteiger partial charge in [0.2, 0.25) is 10.0 Å². The van der Waals surface area contributed by atoms with E-state index in [-0.39, 0.29) is 24.9 Å². The Bertz CT molecular complexity index is 876. The van der Waals surface area contributed by atoms with Crippen molar-refractivity contribution < 1.29 is 13.2 Å². The van der Waals surface area contributed by atoms with Crippen LogP contribution in [0, 0.1) is 0 Å². The lowest BCUT2D eigenvalue weighted by Crippen LogP contribution is -2.44. The average Bonchev–Trinajstić information content (AvgIpc) is 3.13. The second-order valence-corrected chi connectivity index (χ2v) is 8.48. The Morgan fingerprint density at radius 3 is 2.61 bits per heavy atom. The van der Waals surface area contributed by atoms with E-state index in [1.807, 2.05) is 48.5 Å². The molecule has 0 spiro atoms. The number of rotatable bonds is 8. The van der Waals surface area contributed by atoms with Crippen LogP contribution in [-0.2, 0) is 23.0 Å². The molecule has 0 saturated heterocycles. The van der Waals surface area contributed by atoms with Gasteiger partial charge in [0, 0.05) is 26.6 Å². The molecule has 1 aliphatic heterocycles. The number of nitrogens with zero attached hydrogens (tertiary/aromatic N) is 1. The first-order valence-electron chi connectivity index (χ1n) is 9.26. The fourth-order valence-electron chi connectivity index (χ4n) is 2.96. The Labute approximate surface area is 166 Å². The van der Waals surface area contributed by atoms with E-state index in [2.05, 4.69) is 26.4 Å². The van der Waals surface area contributed by atoms with E-state index in [1.54, 1.807) is 7.05 Å². The number of nitrogens with one attached hydrogen (secondary N) is 3. The molecule has 0 amide bonds. The molecule has 0 aromatic heterocycles. The maximum atomic E-state index is 12.1. The van der Waals surface area contributed by atoms with Crippen LogP contribution in [-0.4, -0.2) is 46.4 Å². The summed E-state index contributed by atoms with van der Waals surface area (Å²) < 4.78 is 32.8. The van der Waals surface area contributed by atoms with E-state index in [1.165, 1.54) is 5.56 Å². The second-order valence-electron chi connectivity index (χ2n) is 6.56. The molecule has 1 aliphatic rings. The van der Waals surface area contributed by atoms with Crippen molar-refractivity contribution in [2.24, 2.45) is 4.99 Å². The topological polar surface area (TPSA) is 91.8 Å². The van der Waals surface area contributed by atoms with Crippen LogP contribution in [0.15, 0.2) is 59.6 Å². The summed E-state index contributed by atoms with van der Waals surface area (Å²) >= 11 is 0. The molecule has 0 fully saturated rings. The minimum absolute atomic E-state index is 0.0345. The van der Waals surface area contributed by atoms with Crippen LogP contribution in [0.2, 0.25) is 0 Å². The first-order chi connectivity index (χ1) is 13.6. The second kappa shape index (κ2) is 9.57. The average molecular weight is 403 g/mol. The van der Waals surface area contributed by atoms with Gasteiger partial charge in [0.05, 0.1) is 12.3 Å². The fourth-order valence-corrected chi connectivity index (χ4v) is 3.87. The van der Waals surface area contributed by atoms with E-state index >= 15 is 0 Å². The zero-order valence-corrected chi connectivity index (χ0v) is 16.7. The molecule has 0 saturated carbocycles. The summed E-state index contributed by atoms with van der Waals surface area (Å²) in [6.07, 6.45) is 0.880. The maximum absolute atomic E-state index is 12.1. The van der Waals surface area contributed by atoms with Gasteiger partial charge in [-0.3, -0.25) is 4.99 Å². The summed E-state index contributed by atoms with van der Waals surface area (Å²) in [4.78, 5) is 4.13. The van der Waals surface area contributed by atoms with Crippen LogP contribution < -0.4 is 20.1 Å². The number of hydrogen-bond acceptors (Lipinski definition) is 4. The summed E-state index contributed by atoms with van der Waals surface area (Å²) in [7, 11) is -1.72. The molecule has 28 heavy (non-hydrogen) atoms. The minimum atomic E-state index is -3.37. The van der Waals surface area contributed by atoms with Crippen molar-refractivity contribution >= 4 is 16.0 Å². The molecule has 7 nitrogen and oxygen atoms in total. The zero-order valence-electron chi connectivity index (χ0n) is 15.9. The molecule has 150 valence electrons. The SMILES string of the molecule is CN=C(NCCS(=O)(=O)NCc1ccccc1)NCC1Cc2ccccc2O1. The molecule has 1 atom stereocenters. The number of para-hydroxylation sites is 1. The van der Waals surface area contributed by atoms with Gasteiger partial charge in [0.15, 0.2) is 5.96 Å². The van der Waals surface area contributed by atoms with Gasteiger partial charge in [0.25, 0.3) is 0 Å². The molecule has 3 rings (SSSR count). The maximum Gasteiger partial charge on any atom is 0.213 e. The van der Waals surface area contributed by atoms with E-state index in [0.717, 1.165) is 17.7 Å². The van der Waals surface area contributed by atoms with Gasteiger partial charge in [0.1, 0.15) is 11.9 Å². The number of ether oxygens (including phenoxy) is 1. The molecule has 0 radical (unpaired) electrons. The van der Waals surface area contributed by atoms with Crippen LogP contribution >= 0.6 is 0 Å². The summed E-state index contributed by atoms with van der Waals surface area (Å²) in [6.45, 7) is 1.14. The van der Waals surface area contributed by atoms with Crippen LogP contribution in [0.25, 0.3) is 0 Å².